The van der Waals surface area contributed by atoms with Gasteiger partial charge in [-0.2, -0.15) is 0 Å². The quantitative estimate of drug-likeness (QED) is 0.677. The largest absolute Gasteiger partial charge is 0.394 e. The number of aromatic amines is 1. The smallest absolute Gasteiger partial charge is 0.330 e. The molecule has 1 aromatic rings. The number of ether oxygens (including phenoxy) is 1. The van der Waals surface area contributed by atoms with Crippen molar-refractivity contribution in [2.45, 2.75) is 44.1 Å². The fourth-order valence-corrected chi connectivity index (χ4v) is 2.98. The maximum Gasteiger partial charge on any atom is 0.330 e. The number of allylic oxidation sites excluding steroid dienone is 2. The molecule has 8 heteroatoms. The Kier molecular flexibility index (Phi) is 4.29. The predicted molar refractivity (Wildman–Crippen MR) is 79.8 cm³/mol. The van der Waals surface area contributed by atoms with Gasteiger partial charge >= 0.3 is 5.69 Å². The Morgan fingerprint density at radius 1 is 1.30 bits per heavy atom. The Labute approximate surface area is 131 Å². The van der Waals surface area contributed by atoms with E-state index >= 15 is 0 Å². The van der Waals surface area contributed by atoms with Crippen molar-refractivity contribution in [3.63, 3.8) is 0 Å². The summed E-state index contributed by atoms with van der Waals surface area (Å²) in [4.78, 5) is 37.8. The lowest BCUT2D eigenvalue weighted by atomic mass is 9.94. The molecular weight excluding hydrogens is 304 g/mol. The molecule has 1 saturated heterocycles. The summed E-state index contributed by atoms with van der Waals surface area (Å²) < 4.78 is 6.64. The minimum absolute atomic E-state index is 0.0451. The highest BCUT2D eigenvalue weighted by atomic mass is 16.5. The fraction of sp³-hybridized carbons (Fsp3) is 0.533. The van der Waals surface area contributed by atoms with E-state index in [0.717, 1.165) is 0 Å². The molecule has 0 amide bonds. The van der Waals surface area contributed by atoms with E-state index in [9.17, 15) is 19.5 Å². The summed E-state index contributed by atoms with van der Waals surface area (Å²) in [6, 6.07) is 0. The first-order valence-electron chi connectivity index (χ1n) is 7.53. The Bertz CT molecular complexity index is 762. The van der Waals surface area contributed by atoms with Gasteiger partial charge in [-0.3, -0.25) is 19.1 Å². The first-order chi connectivity index (χ1) is 11.0. The molecule has 0 unspecified atom stereocenters. The molecular formula is C15H18N2O6. The van der Waals surface area contributed by atoms with Gasteiger partial charge in [-0.05, 0) is 24.5 Å². The summed E-state index contributed by atoms with van der Waals surface area (Å²) in [5, 5.41) is 18.9. The number of hydrogen-bond acceptors (Lipinski definition) is 6. The van der Waals surface area contributed by atoms with Gasteiger partial charge in [0.1, 0.15) is 12.3 Å². The topological polar surface area (TPSA) is 122 Å². The molecule has 0 saturated carbocycles. The second-order valence-electron chi connectivity index (χ2n) is 5.81. The predicted octanol–water partition coefficient (Wildman–Crippen LogP) is -0.686. The molecule has 0 radical (unpaired) electrons. The third kappa shape index (κ3) is 3.05. The molecule has 0 bridgehead atoms. The zero-order valence-electron chi connectivity index (χ0n) is 12.4. The van der Waals surface area contributed by atoms with Crippen molar-refractivity contribution in [1.82, 2.24) is 9.55 Å². The summed E-state index contributed by atoms with van der Waals surface area (Å²) in [6.07, 6.45) is 2.21. The number of hydrogen-bond donors (Lipinski definition) is 3. The zero-order chi connectivity index (χ0) is 16.6. The van der Waals surface area contributed by atoms with Crippen LogP contribution in [0.5, 0.6) is 0 Å². The second-order valence-corrected chi connectivity index (χ2v) is 5.81. The fourth-order valence-electron chi connectivity index (χ4n) is 2.98. The molecule has 0 aromatic carbocycles. The minimum atomic E-state index is -0.886. The Morgan fingerprint density at radius 3 is 2.74 bits per heavy atom. The van der Waals surface area contributed by atoms with Crippen LogP contribution in [0.4, 0.5) is 0 Å². The molecule has 3 atom stereocenters. The standard InChI is InChI=1S/C15H18N2O6/c18-7-12-11(20)5-13(23-12)17-6-10(14(21)16-15(17)22)8-2-1-3-9(19)4-8/h4,6,11-13,18,20H,1-3,5,7H2,(H,16,21,22)/t11-,12-,13-/m1/s1. The average Bonchev–Trinajstić information content (AvgIpc) is 2.88. The summed E-state index contributed by atoms with van der Waals surface area (Å²) in [6.45, 7) is -0.359. The van der Waals surface area contributed by atoms with Crippen molar-refractivity contribution in [3.8, 4) is 0 Å². The lowest BCUT2D eigenvalue weighted by molar-refractivity contribution is -0.114. The molecule has 23 heavy (non-hydrogen) atoms. The van der Waals surface area contributed by atoms with E-state index < -0.39 is 29.7 Å². The van der Waals surface area contributed by atoms with E-state index in [1.165, 1.54) is 16.8 Å². The van der Waals surface area contributed by atoms with Gasteiger partial charge in [-0.15, -0.1) is 0 Å². The lowest BCUT2D eigenvalue weighted by Gasteiger charge is -2.17. The van der Waals surface area contributed by atoms with Gasteiger partial charge in [0.25, 0.3) is 5.56 Å². The van der Waals surface area contributed by atoms with E-state index in [-0.39, 0.29) is 24.4 Å². The molecule has 1 aliphatic heterocycles. The van der Waals surface area contributed by atoms with Crippen LogP contribution in [-0.2, 0) is 9.53 Å². The number of ketones is 1. The molecule has 1 fully saturated rings. The van der Waals surface area contributed by atoms with Crippen LogP contribution >= 0.6 is 0 Å². The monoisotopic (exact) mass is 322 g/mol. The minimum Gasteiger partial charge on any atom is -0.394 e. The van der Waals surface area contributed by atoms with Gasteiger partial charge in [0.15, 0.2) is 5.78 Å². The van der Waals surface area contributed by atoms with Gasteiger partial charge in [-0.1, -0.05) is 0 Å². The number of nitrogens with one attached hydrogen (secondary N) is 1. The number of rotatable bonds is 3. The van der Waals surface area contributed by atoms with Crippen molar-refractivity contribution < 1.29 is 19.7 Å². The van der Waals surface area contributed by atoms with Crippen molar-refractivity contribution >= 4 is 11.4 Å². The van der Waals surface area contributed by atoms with Crippen molar-refractivity contribution in [3.05, 3.63) is 38.7 Å². The average molecular weight is 322 g/mol. The van der Waals surface area contributed by atoms with Crippen LogP contribution in [0.1, 0.15) is 37.5 Å². The molecule has 3 rings (SSSR count). The second kappa shape index (κ2) is 6.23. The Balaban J connectivity index is 2.00. The van der Waals surface area contributed by atoms with Crippen LogP contribution in [-0.4, -0.2) is 44.4 Å². The SMILES string of the molecule is O=C1C=C(c2cn([C@H]3C[C@@H](O)[C@@H](CO)O3)c(=O)[nH]c2=O)CCC1. The van der Waals surface area contributed by atoms with Gasteiger partial charge in [0.2, 0.25) is 0 Å². The van der Waals surface area contributed by atoms with Gasteiger partial charge in [0, 0.05) is 19.0 Å². The number of aromatic nitrogens is 2. The number of carbonyl (C=O) groups excluding carboxylic acids is 1. The highest BCUT2D eigenvalue weighted by Gasteiger charge is 2.35. The maximum absolute atomic E-state index is 12.0. The summed E-state index contributed by atoms with van der Waals surface area (Å²) in [5.41, 5.74) is -0.363. The van der Waals surface area contributed by atoms with Gasteiger partial charge in [0.05, 0.1) is 18.3 Å². The zero-order valence-corrected chi connectivity index (χ0v) is 12.4. The molecule has 1 aliphatic carbocycles. The molecule has 0 spiro atoms. The summed E-state index contributed by atoms with van der Waals surface area (Å²) in [5.74, 6) is -0.0451. The van der Waals surface area contributed by atoms with Crippen LogP contribution in [0.15, 0.2) is 21.9 Å². The molecule has 2 aliphatic rings. The van der Waals surface area contributed by atoms with E-state index in [1.54, 1.807) is 0 Å². The number of aliphatic hydroxyl groups is 2. The highest BCUT2D eigenvalue weighted by Crippen LogP contribution is 2.28. The van der Waals surface area contributed by atoms with Crippen LogP contribution in [0, 0.1) is 0 Å². The Hall–Kier alpha value is -2.03. The van der Waals surface area contributed by atoms with Crippen molar-refractivity contribution in [2.75, 3.05) is 6.61 Å². The van der Waals surface area contributed by atoms with E-state index in [2.05, 4.69) is 4.98 Å². The van der Waals surface area contributed by atoms with E-state index in [0.29, 0.717) is 24.8 Å². The van der Waals surface area contributed by atoms with Gasteiger partial charge in [-0.25, -0.2) is 4.79 Å². The first-order valence-corrected chi connectivity index (χ1v) is 7.53. The van der Waals surface area contributed by atoms with Crippen LogP contribution in [0.3, 0.4) is 0 Å². The highest BCUT2D eigenvalue weighted by molar-refractivity contribution is 5.98. The number of nitrogens with zero attached hydrogens (tertiary/aromatic N) is 1. The number of aliphatic hydroxyl groups excluding tert-OH is 2. The van der Waals surface area contributed by atoms with Gasteiger partial charge < -0.3 is 14.9 Å². The van der Waals surface area contributed by atoms with Crippen molar-refractivity contribution in [1.29, 1.82) is 0 Å². The summed E-state index contributed by atoms with van der Waals surface area (Å²) >= 11 is 0. The lowest BCUT2D eigenvalue weighted by Crippen LogP contribution is -2.34. The summed E-state index contributed by atoms with van der Waals surface area (Å²) in [7, 11) is 0. The van der Waals surface area contributed by atoms with Crippen LogP contribution < -0.4 is 11.2 Å². The van der Waals surface area contributed by atoms with E-state index in [1.807, 2.05) is 0 Å². The Morgan fingerprint density at radius 2 is 2.09 bits per heavy atom. The van der Waals surface area contributed by atoms with Crippen LogP contribution in [0.25, 0.3) is 5.57 Å². The number of carbonyl (C=O) groups is 1. The molecule has 8 nitrogen and oxygen atoms in total. The third-order valence-corrected chi connectivity index (χ3v) is 4.21. The molecule has 3 N–H and O–H groups in total. The van der Waals surface area contributed by atoms with E-state index in [4.69, 9.17) is 9.84 Å². The maximum atomic E-state index is 12.0. The third-order valence-electron chi connectivity index (χ3n) is 4.21. The molecule has 124 valence electrons. The number of H-pyrrole nitrogens is 1. The first kappa shape index (κ1) is 15.9. The van der Waals surface area contributed by atoms with Crippen LogP contribution in [0.2, 0.25) is 0 Å². The molecule has 2 heterocycles. The van der Waals surface area contributed by atoms with Crippen molar-refractivity contribution in [2.24, 2.45) is 0 Å². The normalized spacial score (nSPS) is 28.0. The molecule has 1 aromatic heterocycles.